The summed E-state index contributed by atoms with van der Waals surface area (Å²) in [6, 6.07) is 13.5. The first-order valence-electron chi connectivity index (χ1n) is 15.7. The minimum atomic E-state index is -0.505. The van der Waals surface area contributed by atoms with E-state index in [2.05, 4.69) is 77.9 Å². The minimum Gasteiger partial charge on any atom is -0.376 e. The highest BCUT2D eigenvalue weighted by Gasteiger charge is 2.34. The van der Waals surface area contributed by atoms with Gasteiger partial charge in [0, 0.05) is 44.6 Å². The summed E-state index contributed by atoms with van der Waals surface area (Å²) < 4.78 is 6.30. The Morgan fingerprint density at radius 3 is 1.80 bits per heavy atom. The van der Waals surface area contributed by atoms with Crippen molar-refractivity contribution in [1.82, 2.24) is 9.80 Å². The second-order valence-electron chi connectivity index (χ2n) is 14.1. The molecule has 0 N–H and O–H groups in total. The van der Waals surface area contributed by atoms with E-state index in [0.717, 1.165) is 25.9 Å². The van der Waals surface area contributed by atoms with E-state index in [0.29, 0.717) is 50.8 Å². The number of hydrogen-bond donors (Lipinski definition) is 0. The van der Waals surface area contributed by atoms with Crippen molar-refractivity contribution in [2.75, 3.05) is 19.7 Å². The zero-order chi connectivity index (χ0) is 29.9. The van der Waals surface area contributed by atoms with Gasteiger partial charge in [0.2, 0.25) is 11.8 Å². The summed E-state index contributed by atoms with van der Waals surface area (Å²) in [6.45, 7) is 20.5. The Balaban J connectivity index is 1.25. The van der Waals surface area contributed by atoms with Crippen molar-refractivity contribution in [3.8, 4) is 0 Å². The number of ether oxygens (including phenoxy) is 1. The Kier molecular flexibility index (Phi) is 9.68. The number of hydrogen-bond acceptors (Lipinski definition) is 3. The van der Waals surface area contributed by atoms with E-state index in [9.17, 15) is 9.59 Å². The van der Waals surface area contributed by atoms with Gasteiger partial charge in [-0.25, -0.2) is 0 Å². The molecular weight excluding hydrogens is 508 g/mol. The second kappa shape index (κ2) is 12.7. The molecule has 224 valence electrons. The Bertz CT molecular complexity index is 1240. The minimum absolute atomic E-state index is 0.195. The Morgan fingerprint density at radius 2 is 1.27 bits per heavy atom. The second-order valence-corrected chi connectivity index (χ2v) is 14.1. The van der Waals surface area contributed by atoms with Crippen molar-refractivity contribution in [3.05, 3.63) is 69.8 Å². The average Bonchev–Trinajstić information content (AvgIpc) is 2.94. The fraction of sp³-hybridized carbons (Fsp3) is 0.611. The molecule has 0 atom stereocenters. The molecule has 5 heteroatoms. The maximum Gasteiger partial charge on any atom is 0.228 e. The van der Waals surface area contributed by atoms with Gasteiger partial charge in [-0.1, -0.05) is 77.9 Å². The van der Waals surface area contributed by atoms with E-state index in [4.69, 9.17) is 4.74 Å². The fourth-order valence-corrected chi connectivity index (χ4v) is 6.01. The molecule has 2 aliphatic rings. The summed E-state index contributed by atoms with van der Waals surface area (Å²) in [4.78, 5) is 30.7. The summed E-state index contributed by atoms with van der Waals surface area (Å²) in [5.74, 6) is 1.36. The number of carbonyl (C=O) groups is 2. The SMILES string of the molecule is CC(C)c1ccc2c(c1)CN(C(=O)CCC(C)(C)OCCC(C)(C)C(=O)N1CCc3ccc(C(C)C)cc3C1)CC2. The maximum atomic E-state index is 13.6. The van der Waals surface area contributed by atoms with Crippen molar-refractivity contribution in [3.63, 3.8) is 0 Å². The van der Waals surface area contributed by atoms with Crippen LogP contribution in [0, 0.1) is 5.41 Å². The quantitative estimate of drug-likeness (QED) is 0.304. The number of amides is 2. The average molecular weight is 561 g/mol. The first kappa shape index (κ1) is 31.3. The lowest BCUT2D eigenvalue weighted by atomic mass is 9.86. The summed E-state index contributed by atoms with van der Waals surface area (Å²) in [7, 11) is 0. The Labute approximate surface area is 248 Å². The molecule has 0 saturated carbocycles. The third kappa shape index (κ3) is 7.80. The topological polar surface area (TPSA) is 49.9 Å². The third-order valence-electron chi connectivity index (χ3n) is 9.20. The van der Waals surface area contributed by atoms with E-state index >= 15 is 0 Å². The molecule has 2 aliphatic heterocycles. The van der Waals surface area contributed by atoms with Crippen LogP contribution in [0.25, 0.3) is 0 Å². The van der Waals surface area contributed by atoms with Gasteiger partial charge in [0.25, 0.3) is 0 Å². The molecule has 0 radical (unpaired) electrons. The van der Waals surface area contributed by atoms with Gasteiger partial charge < -0.3 is 14.5 Å². The van der Waals surface area contributed by atoms with Gasteiger partial charge in [-0.15, -0.1) is 0 Å². The van der Waals surface area contributed by atoms with Crippen LogP contribution >= 0.6 is 0 Å². The number of fused-ring (bicyclic) bond motifs is 2. The van der Waals surface area contributed by atoms with E-state index < -0.39 is 11.0 Å². The van der Waals surface area contributed by atoms with Crippen molar-refractivity contribution in [2.24, 2.45) is 5.41 Å². The molecule has 0 bridgehead atoms. The van der Waals surface area contributed by atoms with Crippen LogP contribution in [0.5, 0.6) is 0 Å². The van der Waals surface area contributed by atoms with Gasteiger partial charge in [0.15, 0.2) is 0 Å². The molecule has 0 aliphatic carbocycles. The summed E-state index contributed by atoms with van der Waals surface area (Å²) >= 11 is 0. The Morgan fingerprint density at radius 1 is 0.756 bits per heavy atom. The summed E-state index contributed by atoms with van der Waals surface area (Å²) in [5.41, 5.74) is 7.04. The predicted molar refractivity (Wildman–Crippen MR) is 167 cm³/mol. The summed E-state index contributed by atoms with van der Waals surface area (Å²) in [5, 5.41) is 0. The van der Waals surface area contributed by atoms with Crippen LogP contribution < -0.4 is 0 Å². The molecule has 0 fully saturated rings. The molecule has 2 aromatic carbocycles. The number of rotatable bonds is 10. The third-order valence-corrected chi connectivity index (χ3v) is 9.20. The van der Waals surface area contributed by atoms with Gasteiger partial charge in [-0.3, -0.25) is 9.59 Å². The van der Waals surface area contributed by atoms with E-state index in [1.165, 1.54) is 33.4 Å². The molecular formula is C36H52N2O3. The monoisotopic (exact) mass is 560 g/mol. The van der Waals surface area contributed by atoms with Crippen LogP contribution in [-0.2, 0) is 40.3 Å². The summed E-state index contributed by atoms with van der Waals surface area (Å²) in [6.07, 6.45) is 3.62. The molecule has 2 heterocycles. The largest absolute Gasteiger partial charge is 0.376 e. The fourth-order valence-electron chi connectivity index (χ4n) is 6.01. The molecule has 0 spiro atoms. The molecule has 0 saturated heterocycles. The van der Waals surface area contributed by atoms with Gasteiger partial charge in [0.05, 0.1) is 5.60 Å². The van der Waals surface area contributed by atoms with Crippen LogP contribution in [0.4, 0.5) is 0 Å². The van der Waals surface area contributed by atoms with Crippen molar-refractivity contribution >= 4 is 11.8 Å². The van der Waals surface area contributed by atoms with Crippen LogP contribution in [0.3, 0.4) is 0 Å². The molecule has 0 unspecified atom stereocenters. The lowest BCUT2D eigenvalue weighted by Gasteiger charge is -2.36. The Hall–Kier alpha value is -2.66. The lowest BCUT2D eigenvalue weighted by Crippen LogP contribution is -2.44. The van der Waals surface area contributed by atoms with E-state index in [-0.39, 0.29) is 11.8 Å². The number of benzene rings is 2. The molecule has 0 aromatic heterocycles. The van der Waals surface area contributed by atoms with Crippen LogP contribution in [-0.4, -0.2) is 46.9 Å². The van der Waals surface area contributed by atoms with Crippen molar-refractivity contribution in [2.45, 2.75) is 118 Å². The van der Waals surface area contributed by atoms with E-state index in [1.807, 2.05) is 23.6 Å². The van der Waals surface area contributed by atoms with Crippen molar-refractivity contribution < 1.29 is 14.3 Å². The molecule has 2 aromatic rings. The van der Waals surface area contributed by atoms with E-state index in [1.54, 1.807) is 0 Å². The molecule has 5 nitrogen and oxygen atoms in total. The number of nitrogens with zero attached hydrogens (tertiary/aromatic N) is 2. The van der Waals surface area contributed by atoms with Crippen LogP contribution in [0.2, 0.25) is 0 Å². The zero-order valence-electron chi connectivity index (χ0n) is 26.8. The van der Waals surface area contributed by atoms with Crippen LogP contribution in [0.1, 0.15) is 120 Å². The van der Waals surface area contributed by atoms with Gasteiger partial charge >= 0.3 is 0 Å². The van der Waals surface area contributed by atoms with Gasteiger partial charge in [0.1, 0.15) is 0 Å². The molecule has 4 rings (SSSR count). The standard InChI is InChI=1S/C36H52N2O3/c1-25(2)29-11-9-27-14-18-37(23-31(27)21-29)33(39)13-16-36(7,8)41-20-17-35(5,6)34(40)38-19-15-28-10-12-30(26(3)4)22-32(28)24-38/h9-12,21-22,25-26H,13-20,23-24H2,1-8H3. The maximum absolute atomic E-state index is 13.6. The van der Waals surface area contributed by atoms with Gasteiger partial charge in [-0.2, -0.15) is 0 Å². The highest BCUT2D eigenvalue weighted by molar-refractivity contribution is 5.82. The number of carbonyl (C=O) groups excluding carboxylic acids is 2. The highest BCUT2D eigenvalue weighted by Crippen LogP contribution is 2.31. The predicted octanol–water partition coefficient (Wildman–Crippen LogP) is 7.39. The smallest absolute Gasteiger partial charge is 0.228 e. The van der Waals surface area contributed by atoms with Crippen LogP contribution in [0.15, 0.2) is 36.4 Å². The first-order valence-corrected chi connectivity index (χ1v) is 15.7. The highest BCUT2D eigenvalue weighted by atomic mass is 16.5. The molecule has 41 heavy (non-hydrogen) atoms. The van der Waals surface area contributed by atoms with Gasteiger partial charge in [-0.05, 0) is 84.7 Å². The molecule has 2 amide bonds. The lowest BCUT2D eigenvalue weighted by molar-refractivity contribution is -0.143. The van der Waals surface area contributed by atoms with Crippen molar-refractivity contribution in [1.29, 1.82) is 0 Å². The zero-order valence-corrected chi connectivity index (χ0v) is 26.8. The first-order chi connectivity index (χ1) is 19.3. The normalized spacial score (nSPS) is 15.8.